The third kappa shape index (κ3) is 5.13. The van der Waals surface area contributed by atoms with Gasteiger partial charge < -0.3 is 20.5 Å². The normalized spacial score (nSPS) is 21.3. The van der Waals surface area contributed by atoms with Crippen molar-refractivity contribution in [2.75, 3.05) is 20.7 Å². The number of hydrogen-bond acceptors (Lipinski definition) is 7. The lowest BCUT2D eigenvalue weighted by molar-refractivity contribution is 0.0599. The summed E-state index contributed by atoms with van der Waals surface area (Å²) in [6.45, 7) is 6.79. The maximum atomic E-state index is 12.6. The molecular formula is C30H37N5O3. The summed E-state index contributed by atoms with van der Waals surface area (Å²) in [4.78, 5) is 15.1. The number of benzene rings is 2. The highest BCUT2D eigenvalue weighted by atomic mass is 16.5. The number of nitrogens with two attached hydrogens (primary N) is 1. The van der Waals surface area contributed by atoms with Crippen LogP contribution in [0.1, 0.15) is 58.4 Å². The monoisotopic (exact) mass is 515 g/mol. The maximum absolute atomic E-state index is 12.6. The van der Waals surface area contributed by atoms with Crippen molar-refractivity contribution < 1.29 is 14.3 Å². The molecule has 3 atom stereocenters. The van der Waals surface area contributed by atoms with Gasteiger partial charge in [-0.1, -0.05) is 31.2 Å². The van der Waals surface area contributed by atoms with Crippen molar-refractivity contribution in [3.05, 3.63) is 88.5 Å². The van der Waals surface area contributed by atoms with Crippen molar-refractivity contribution >= 4 is 5.97 Å². The first-order valence-electron chi connectivity index (χ1n) is 13.3. The number of carbonyl (C=O) groups is 1. The van der Waals surface area contributed by atoms with Crippen LogP contribution >= 0.6 is 0 Å². The van der Waals surface area contributed by atoms with Crippen LogP contribution in [-0.4, -0.2) is 47.5 Å². The Bertz CT molecular complexity index is 1350. The Morgan fingerprint density at radius 1 is 1.29 bits per heavy atom. The van der Waals surface area contributed by atoms with Crippen molar-refractivity contribution in [3.63, 3.8) is 0 Å². The number of ether oxygens (including phenoxy) is 2. The molecule has 1 aromatic heterocycles. The molecule has 8 nitrogen and oxygen atoms in total. The van der Waals surface area contributed by atoms with Crippen molar-refractivity contribution in [2.45, 2.75) is 51.8 Å². The summed E-state index contributed by atoms with van der Waals surface area (Å²) in [5.74, 6) is 0.864. The van der Waals surface area contributed by atoms with Crippen LogP contribution in [0, 0.1) is 12.8 Å². The molecule has 38 heavy (non-hydrogen) atoms. The zero-order chi connectivity index (χ0) is 26.8. The fraction of sp³-hybridized carbons (Fsp3) is 0.400. The highest BCUT2D eigenvalue weighted by molar-refractivity contribution is 5.91. The predicted octanol–water partition coefficient (Wildman–Crippen LogP) is 4.26. The molecule has 3 aromatic rings. The number of carbonyl (C=O) groups excluding carboxylic acids is 1. The molecular weight excluding hydrogens is 478 g/mol. The smallest absolute Gasteiger partial charge is 0.341 e. The summed E-state index contributed by atoms with van der Waals surface area (Å²) in [5, 5.41) is 7.66. The number of nitrogens with zero attached hydrogens (tertiary/aromatic N) is 3. The van der Waals surface area contributed by atoms with Gasteiger partial charge in [-0.2, -0.15) is 5.10 Å². The standard InChI is InChI=1S/C30H37N5O3/c1-5-23-18-34(16-20-8-6-7-9-28(20)38-23)17-21-12-22(11-10-19(21)2)35-29(26(14-33-35)30(36)37-4)25-13-24(25)27(31)15-32-3/h6-12,14-15,23-25,32H,5,13,16-18,31H2,1-4H3/b27-15-/t23-,24?,25-/m1/s1. The summed E-state index contributed by atoms with van der Waals surface area (Å²) in [5.41, 5.74) is 13.0. The van der Waals surface area contributed by atoms with E-state index in [0.29, 0.717) is 5.56 Å². The molecule has 200 valence electrons. The highest BCUT2D eigenvalue weighted by Gasteiger charge is 2.45. The zero-order valence-corrected chi connectivity index (χ0v) is 22.6. The minimum absolute atomic E-state index is 0.102. The van der Waals surface area contributed by atoms with Crippen molar-refractivity contribution in [3.8, 4) is 11.4 Å². The zero-order valence-electron chi connectivity index (χ0n) is 22.6. The van der Waals surface area contributed by atoms with Crippen LogP contribution < -0.4 is 15.8 Å². The third-order valence-corrected chi connectivity index (χ3v) is 7.64. The van der Waals surface area contributed by atoms with Crippen LogP contribution in [0.2, 0.25) is 0 Å². The van der Waals surface area contributed by atoms with E-state index in [4.69, 9.17) is 15.2 Å². The van der Waals surface area contributed by atoms with Crippen LogP contribution in [0.15, 0.2) is 60.6 Å². The third-order valence-electron chi connectivity index (χ3n) is 7.64. The quantitative estimate of drug-likeness (QED) is 0.433. The van der Waals surface area contributed by atoms with Crippen LogP contribution in [-0.2, 0) is 17.8 Å². The van der Waals surface area contributed by atoms with Gasteiger partial charge in [-0.15, -0.1) is 0 Å². The van der Waals surface area contributed by atoms with Crippen molar-refractivity contribution in [2.24, 2.45) is 11.7 Å². The van der Waals surface area contributed by atoms with E-state index in [0.717, 1.165) is 55.3 Å². The van der Waals surface area contributed by atoms with Gasteiger partial charge in [-0.25, -0.2) is 9.48 Å². The fourth-order valence-electron chi connectivity index (χ4n) is 5.42. The Morgan fingerprint density at radius 2 is 2.11 bits per heavy atom. The number of rotatable bonds is 8. The number of esters is 1. The molecule has 1 aliphatic heterocycles. The summed E-state index contributed by atoms with van der Waals surface area (Å²) < 4.78 is 13.3. The molecule has 0 radical (unpaired) electrons. The molecule has 1 saturated carbocycles. The van der Waals surface area contributed by atoms with Gasteiger partial charge in [0, 0.05) is 56.0 Å². The van der Waals surface area contributed by atoms with Gasteiger partial charge in [0.15, 0.2) is 0 Å². The average molecular weight is 516 g/mol. The Morgan fingerprint density at radius 3 is 2.87 bits per heavy atom. The SMILES string of the molecule is CC[C@@H]1CN(Cc2cc(-n3ncc(C(=O)OC)c3[C@@H]3CC3/C(N)=C/NC)ccc2C)Cc2ccccc2O1. The van der Waals surface area contributed by atoms with E-state index < -0.39 is 0 Å². The Balaban J connectivity index is 1.47. The van der Waals surface area contributed by atoms with Gasteiger partial charge in [-0.3, -0.25) is 4.90 Å². The molecule has 0 amide bonds. The molecule has 2 aliphatic rings. The number of aromatic nitrogens is 2. The molecule has 0 spiro atoms. The number of methoxy groups -OCH3 is 1. The van der Waals surface area contributed by atoms with Gasteiger partial charge in [0.25, 0.3) is 0 Å². The van der Waals surface area contributed by atoms with E-state index >= 15 is 0 Å². The number of allylic oxidation sites excluding steroid dienone is 1. The lowest BCUT2D eigenvalue weighted by atomic mass is 10.1. The number of aryl methyl sites for hydroxylation is 1. The second-order valence-corrected chi connectivity index (χ2v) is 10.3. The molecule has 2 aromatic carbocycles. The molecule has 3 N–H and O–H groups in total. The molecule has 5 rings (SSSR count). The maximum Gasteiger partial charge on any atom is 0.341 e. The molecule has 1 aliphatic carbocycles. The first-order valence-corrected chi connectivity index (χ1v) is 13.3. The van der Waals surface area contributed by atoms with E-state index in [1.807, 2.05) is 24.0 Å². The van der Waals surface area contributed by atoms with E-state index in [1.165, 1.54) is 23.8 Å². The summed E-state index contributed by atoms with van der Waals surface area (Å²) in [7, 11) is 3.24. The predicted molar refractivity (Wildman–Crippen MR) is 147 cm³/mol. The summed E-state index contributed by atoms with van der Waals surface area (Å²) in [6, 6.07) is 14.7. The minimum Gasteiger partial charge on any atom is -0.489 e. The summed E-state index contributed by atoms with van der Waals surface area (Å²) in [6.07, 6.45) is 5.39. The lowest BCUT2D eigenvalue weighted by Gasteiger charge is -2.24. The molecule has 2 heterocycles. The Hall–Kier alpha value is -3.78. The van der Waals surface area contributed by atoms with Crippen molar-refractivity contribution in [1.29, 1.82) is 0 Å². The first kappa shape index (κ1) is 25.9. The Labute approximate surface area is 224 Å². The second kappa shape index (κ2) is 10.9. The van der Waals surface area contributed by atoms with E-state index in [1.54, 1.807) is 6.20 Å². The van der Waals surface area contributed by atoms with Gasteiger partial charge in [-0.05, 0) is 49.1 Å². The van der Waals surface area contributed by atoms with Gasteiger partial charge >= 0.3 is 5.97 Å². The summed E-state index contributed by atoms with van der Waals surface area (Å²) >= 11 is 0. The molecule has 1 unspecified atom stereocenters. The van der Waals surface area contributed by atoms with E-state index in [2.05, 4.69) is 65.6 Å². The van der Waals surface area contributed by atoms with Gasteiger partial charge in [0.2, 0.25) is 0 Å². The van der Waals surface area contributed by atoms with Crippen LogP contribution in [0.3, 0.4) is 0 Å². The molecule has 0 saturated heterocycles. The van der Waals surface area contributed by atoms with Gasteiger partial charge in [0.05, 0.1) is 24.7 Å². The van der Waals surface area contributed by atoms with Crippen molar-refractivity contribution in [1.82, 2.24) is 20.0 Å². The first-order chi connectivity index (χ1) is 18.4. The fourth-order valence-corrected chi connectivity index (χ4v) is 5.42. The van der Waals surface area contributed by atoms with Crippen LogP contribution in [0.4, 0.5) is 0 Å². The van der Waals surface area contributed by atoms with E-state index in [-0.39, 0.29) is 23.9 Å². The van der Waals surface area contributed by atoms with Gasteiger partial charge in [0.1, 0.15) is 17.4 Å². The number of nitrogens with one attached hydrogen (secondary N) is 1. The van der Waals surface area contributed by atoms with E-state index in [9.17, 15) is 4.79 Å². The Kier molecular flexibility index (Phi) is 7.42. The number of para-hydroxylation sites is 1. The second-order valence-electron chi connectivity index (χ2n) is 10.3. The number of hydrogen-bond donors (Lipinski definition) is 2. The largest absolute Gasteiger partial charge is 0.489 e. The molecule has 1 fully saturated rings. The molecule has 0 bridgehead atoms. The number of fused-ring (bicyclic) bond motifs is 1. The van der Waals surface area contributed by atoms with Crippen LogP contribution in [0.5, 0.6) is 5.75 Å². The van der Waals surface area contributed by atoms with Crippen LogP contribution in [0.25, 0.3) is 5.69 Å². The topological polar surface area (TPSA) is 94.6 Å². The average Bonchev–Trinajstić information content (AvgIpc) is 3.64. The lowest BCUT2D eigenvalue weighted by Crippen LogP contribution is -2.32. The molecule has 8 heteroatoms. The highest BCUT2D eigenvalue weighted by Crippen LogP contribution is 2.51. The minimum atomic E-state index is -0.380.